The van der Waals surface area contributed by atoms with Crippen molar-refractivity contribution < 1.29 is 26.9 Å². The third-order valence-corrected chi connectivity index (χ3v) is 5.50. The Bertz CT molecular complexity index is 1130. The van der Waals surface area contributed by atoms with Crippen molar-refractivity contribution in [1.82, 2.24) is 4.57 Å². The molecule has 1 N–H and O–H groups in total. The normalized spacial score (nSPS) is 11.7. The molecule has 0 saturated heterocycles. The molecule has 0 amide bonds. The maximum absolute atomic E-state index is 13.9. The molecule has 0 unspecified atom stereocenters. The molecule has 142 valence electrons. The fourth-order valence-corrected chi connectivity index (χ4v) is 3.96. The SMILES string of the molecule is COC(=O)Cn1c(C)c(Cc2ccccc2S(=O)(=O)O)c2cc(F)ccc21. The van der Waals surface area contributed by atoms with Gasteiger partial charge in [0.2, 0.25) is 0 Å². The molecular formula is C19H18FNO5S. The molecule has 0 atom stereocenters. The number of rotatable bonds is 5. The average molecular weight is 391 g/mol. The second-order valence-corrected chi connectivity index (χ2v) is 7.54. The van der Waals surface area contributed by atoms with Gasteiger partial charge in [0.1, 0.15) is 12.4 Å². The van der Waals surface area contributed by atoms with E-state index < -0.39 is 21.9 Å². The number of carbonyl (C=O) groups is 1. The number of nitrogens with zero attached hydrogens (tertiary/aromatic N) is 1. The molecule has 0 radical (unpaired) electrons. The van der Waals surface area contributed by atoms with Crippen molar-refractivity contribution in [3.63, 3.8) is 0 Å². The van der Waals surface area contributed by atoms with Crippen LogP contribution in [0, 0.1) is 12.7 Å². The Balaban J connectivity index is 2.20. The lowest BCUT2D eigenvalue weighted by molar-refractivity contribution is -0.141. The summed E-state index contributed by atoms with van der Waals surface area (Å²) in [6.07, 6.45) is 0.149. The van der Waals surface area contributed by atoms with Gasteiger partial charge in [-0.15, -0.1) is 0 Å². The van der Waals surface area contributed by atoms with Crippen molar-refractivity contribution in [2.75, 3.05) is 7.11 Å². The number of carbonyl (C=O) groups excluding carboxylic acids is 1. The van der Waals surface area contributed by atoms with Crippen LogP contribution in [0.4, 0.5) is 4.39 Å². The average Bonchev–Trinajstić information content (AvgIpc) is 2.86. The van der Waals surface area contributed by atoms with Gasteiger partial charge in [-0.1, -0.05) is 18.2 Å². The first kappa shape index (κ1) is 19.1. The molecule has 3 rings (SSSR count). The third kappa shape index (κ3) is 3.72. The second-order valence-electron chi connectivity index (χ2n) is 6.15. The number of methoxy groups -OCH3 is 1. The van der Waals surface area contributed by atoms with Crippen LogP contribution in [0.3, 0.4) is 0 Å². The fourth-order valence-electron chi connectivity index (χ4n) is 3.24. The molecule has 1 heterocycles. The van der Waals surface area contributed by atoms with Gasteiger partial charge in [0, 0.05) is 23.0 Å². The molecule has 0 aliphatic heterocycles. The summed E-state index contributed by atoms with van der Waals surface area (Å²) < 4.78 is 53.1. The quantitative estimate of drug-likeness (QED) is 0.534. The summed E-state index contributed by atoms with van der Waals surface area (Å²) in [7, 11) is -3.11. The highest BCUT2D eigenvalue weighted by Gasteiger charge is 2.20. The highest BCUT2D eigenvalue weighted by molar-refractivity contribution is 7.85. The van der Waals surface area contributed by atoms with E-state index in [9.17, 15) is 22.2 Å². The van der Waals surface area contributed by atoms with Crippen LogP contribution in [-0.4, -0.2) is 30.6 Å². The van der Waals surface area contributed by atoms with E-state index in [0.717, 1.165) is 0 Å². The minimum atomic E-state index is -4.40. The van der Waals surface area contributed by atoms with Gasteiger partial charge in [0.15, 0.2) is 0 Å². The summed E-state index contributed by atoms with van der Waals surface area (Å²) in [6.45, 7) is 1.72. The van der Waals surface area contributed by atoms with Gasteiger partial charge >= 0.3 is 5.97 Å². The van der Waals surface area contributed by atoms with E-state index >= 15 is 0 Å². The number of fused-ring (bicyclic) bond motifs is 1. The van der Waals surface area contributed by atoms with Gasteiger partial charge in [-0.3, -0.25) is 9.35 Å². The van der Waals surface area contributed by atoms with Gasteiger partial charge in [0.05, 0.1) is 12.0 Å². The van der Waals surface area contributed by atoms with Crippen LogP contribution in [-0.2, 0) is 32.6 Å². The minimum absolute atomic E-state index is 0.0512. The number of aromatic nitrogens is 1. The van der Waals surface area contributed by atoms with Gasteiger partial charge in [-0.2, -0.15) is 8.42 Å². The minimum Gasteiger partial charge on any atom is -0.468 e. The van der Waals surface area contributed by atoms with E-state index in [0.29, 0.717) is 27.7 Å². The second kappa shape index (κ2) is 7.13. The van der Waals surface area contributed by atoms with Gasteiger partial charge in [-0.25, -0.2) is 4.39 Å². The predicted molar refractivity (Wildman–Crippen MR) is 97.7 cm³/mol. The Kier molecular flexibility index (Phi) is 5.03. The third-order valence-electron chi connectivity index (χ3n) is 4.55. The molecule has 0 fully saturated rings. The van der Waals surface area contributed by atoms with Crippen molar-refractivity contribution in [1.29, 1.82) is 0 Å². The highest BCUT2D eigenvalue weighted by atomic mass is 32.2. The zero-order valence-corrected chi connectivity index (χ0v) is 15.6. The number of esters is 1. The van der Waals surface area contributed by atoms with E-state index in [1.165, 1.54) is 31.4 Å². The molecule has 0 aliphatic rings. The Morgan fingerprint density at radius 3 is 2.59 bits per heavy atom. The lowest BCUT2D eigenvalue weighted by Crippen LogP contribution is -2.12. The Morgan fingerprint density at radius 2 is 1.93 bits per heavy atom. The monoisotopic (exact) mass is 391 g/mol. The first-order valence-corrected chi connectivity index (χ1v) is 9.56. The number of benzene rings is 2. The van der Waals surface area contributed by atoms with Crippen LogP contribution < -0.4 is 0 Å². The van der Waals surface area contributed by atoms with E-state index in [4.69, 9.17) is 4.74 Å². The summed E-state index contributed by atoms with van der Waals surface area (Å²) in [5, 5.41) is 0.571. The van der Waals surface area contributed by atoms with Crippen molar-refractivity contribution in [2.24, 2.45) is 0 Å². The lowest BCUT2D eigenvalue weighted by atomic mass is 10.0. The molecular weight excluding hydrogens is 373 g/mol. The van der Waals surface area contributed by atoms with Crippen molar-refractivity contribution in [3.05, 3.63) is 65.1 Å². The number of halogens is 1. The standard InChI is InChI=1S/C19H18FNO5S/c1-12-15(9-13-5-3-4-6-18(13)27(23,24)25)16-10-14(20)7-8-17(16)21(12)11-19(22)26-2/h3-8,10H,9,11H2,1-2H3,(H,23,24,25). The Morgan fingerprint density at radius 1 is 1.22 bits per heavy atom. The molecule has 27 heavy (non-hydrogen) atoms. The largest absolute Gasteiger partial charge is 0.468 e. The predicted octanol–water partition coefficient (Wildman–Crippen LogP) is 3.10. The molecule has 0 saturated carbocycles. The summed E-state index contributed by atoms with van der Waals surface area (Å²) in [6, 6.07) is 10.3. The number of hydrogen-bond donors (Lipinski definition) is 1. The van der Waals surface area contributed by atoms with E-state index in [2.05, 4.69) is 0 Å². The first-order chi connectivity index (χ1) is 12.7. The van der Waals surface area contributed by atoms with Crippen LogP contribution in [0.5, 0.6) is 0 Å². The first-order valence-electron chi connectivity index (χ1n) is 8.11. The van der Waals surface area contributed by atoms with E-state index in [1.807, 2.05) is 0 Å². The van der Waals surface area contributed by atoms with E-state index in [1.54, 1.807) is 29.7 Å². The van der Waals surface area contributed by atoms with Crippen LogP contribution in [0.25, 0.3) is 10.9 Å². The summed E-state index contributed by atoms with van der Waals surface area (Å²) in [5.41, 5.74) is 2.37. The van der Waals surface area contributed by atoms with Crippen LogP contribution >= 0.6 is 0 Å². The molecule has 6 nitrogen and oxygen atoms in total. The molecule has 3 aromatic rings. The molecule has 1 aromatic heterocycles. The molecule has 2 aromatic carbocycles. The van der Waals surface area contributed by atoms with Crippen LogP contribution in [0.15, 0.2) is 47.4 Å². The fraction of sp³-hybridized carbons (Fsp3) is 0.211. The topological polar surface area (TPSA) is 85.6 Å². The molecule has 0 bridgehead atoms. The number of hydrogen-bond acceptors (Lipinski definition) is 4. The van der Waals surface area contributed by atoms with Gasteiger partial charge in [-0.05, 0) is 42.3 Å². The number of ether oxygens (including phenoxy) is 1. The molecule has 8 heteroatoms. The zero-order valence-electron chi connectivity index (χ0n) is 14.8. The lowest BCUT2D eigenvalue weighted by Gasteiger charge is -2.09. The summed E-state index contributed by atoms with van der Waals surface area (Å²) in [5.74, 6) is -0.897. The zero-order chi connectivity index (χ0) is 19.8. The maximum atomic E-state index is 13.9. The Labute approximate surface area is 155 Å². The summed E-state index contributed by atoms with van der Waals surface area (Å²) in [4.78, 5) is 11.6. The van der Waals surface area contributed by atoms with Gasteiger partial charge in [0.25, 0.3) is 10.1 Å². The molecule has 0 aliphatic carbocycles. The van der Waals surface area contributed by atoms with Crippen molar-refractivity contribution >= 4 is 27.0 Å². The van der Waals surface area contributed by atoms with Crippen LogP contribution in [0.2, 0.25) is 0 Å². The molecule has 0 spiro atoms. The maximum Gasteiger partial charge on any atom is 0.325 e. The van der Waals surface area contributed by atoms with Crippen molar-refractivity contribution in [2.45, 2.75) is 24.8 Å². The summed E-state index contributed by atoms with van der Waals surface area (Å²) >= 11 is 0. The Hall–Kier alpha value is -2.71. The van der Waals surface area contributed by atoms with Crippen LogP contribution in [0.1, 0.15) is 16.8 Å². The highest BCUT2D eigenvalue weighted by Crippen LogP contribution is 2.30. The van der Waals surface area contributed by atoms with E-state index in [-0.39, 0.29) is 17.9 Å². The van der Waals surface area contributed by atoms with Gasteiger partial charge < -0.3 is 9.30 Å². The van der Waals surface area contributed by atoms with Crippen molar-refractivity contribution in [3.8, 4) is 0 Å². The smallest absolute Gasteiger partial charge is 0.325 e.